The van der Waals surface area contributed by atoms with Gasteiger partial charge in [-0.1, -0.05) is 42.0 Å². The molecule has 0 heterocycles. The maximum atomic E-state index is 13.0. The standard InChI is InChI=1S/C27H22F6O2/c1-16(2)12-24(25(34)35-3)21-14-19(17-4-8-22(9-5-17)26(28,29)30)13-20(15-21)18-6-10-23(11-7-18)27(31,32)33/h4-11,13-15,24H,1,12H2,2-3H3. The lowest BCUT2D eigenvalue weighted by Crippen LogP contribution is -2.15. The zero-order valence-corrected chi connectivity index (χ0v) is 18.9. The minimum absolute atomic E-state index is 0.260. The van der Waals surface area contributed by atoms with Crippen LogP contribution in [0, 0.1) is 0 Å². The molecule has 0 fully saturated rings. The van der Waals surface area contributed by atoms with Crippen LogP contribution in [0.25, 0.3) is 22.3 Å². The molecule has 184 valence electrons. The second-order valence-corrected chi connectivity index (χ2v) is 8.23. The summed E-state index contributed by atoms with van der Waals surface area (Å²) in [5, 5.41) is 0. The Morgan fingerprint density at radius 1 is 0.771 bits per heavy atom. The molecule has 2 nitrogen and oxygen atoms in total. The van der Waals surface area contributed by atoms with Crippen molar-refractivity contribution < 1.29 is 35.9 Å². The van der Waals surface area contributed by atoms with Crippen LogP contribution in [0.2, 0.25) is 0 Å². The van der Waals surface area contributed by atoms with Gasteiger partial charge in [0.05, 0.1) is 24.2 Å². The molecule has 0 aliphatic heterocycles. The Labute approximate surface area is 198 Å². The number of allylic oxidation sites excluding steroid dienone is 1. The minimum atomic E-state index is -4.50. The number of ether oxygens (including phenoxy) is 1. The van der Waals surface area contributed by atoms with Crippen molar-refractivity contribution >= 4 is 5.97 Å². The van der Waals surface area contributed by atoms with Gasteiger partial charge in [0.25, 0.3) is 0 Å². The van der Waals surface area contributed by atoms with E-state index in [1.807, 2.05) is 0 Å². The molecule has 0 saturated heterocycles. The van der Waals surface area contributed by atoms with Crippen molar-refractivity contribution in [2.45, 2.75) is 31.6 Å². The summed E-state index contributed by atoms with van der Waals surface area (Å²) in [6.45, 7) is 5.59. The number of hydrogen-bond acceptors (Lipinski definition) is 2. The van der Waals surface area contributed by atoms with E-state index in [2.05, 4.69) is 6.58 Å². The van der Waals surface area contributed by atoms with Crippen LogP contribution in [0.15, 0.2) is 78.9 Å². The van der Waals surface area contributed by atoms with E-state index in [0.717, 1.165) is 24.3 Å². The summed E-state index contributed by atoms with van der Waals surface area (Å²) in [5.74, 6) is -1.28. The van der Waals surface area contributed by atoms with E-state index >= 15 is 0 Å². The number of hydrogen-bond donors (Lipinski definition) is 0. The highest BCUT2D eigenvalue weighted by atomic mass is 19.4. The van der Waals surface area contributed by atoms with Crippen molar-refractivity contribution in [2.24, 2.45) is 0 Å². The maximum absolute atomic E-state index is 13.0. The predicted molar refractivity (Wildman–Crippen MR) is 122 cm³/mol. The molecule has 0 bridgehead atoms. The van der Waals surface area contributed by atoms with Crippen molar-refractivity contribution in [3.05, 3.63) is 95.6 Å². The number of benzene rings is 3. The molecule has 3 aromatic rings. The highest BCUT2D eigenvalue weighted by molar-refractivity contribution is 5.82. The average Bonchev–Trinajstić information content (AvgIpc) is 2.80. The summed E-state index contributed by atoms with van der Waals surface area (Å²) in [6.07, 6.45) is -8.73. The lowest BCUT2D eigenvalue weighted by Gasteiger charge is -2.18. The second kappa shape index (κ2) is 9.98. The normalized spacial score (nSPS) is 12.8. The maximum Gasteiger partial charge on any atom is 0.416 e. The SMILES string of the molecule is C=C(C)CC(C(=O)OC)c1cc(-c2ccc(C(F)(F)F)cc2)cc(-c2ccc(C(F)(F)F)cc2)c1. The first-order valence-electron chi connectivity index (χ1n) is 10.5. The van der Waals surface area contributed by atoms with Gasteiger partial charge >= 0.3 is 18.3 Å². The van der Waals surface area contributed by atoms with E-state index in [1.54, 1.807) is 25.1 Å². The monoisotopic (exact) mass is 492 g/mol. The third-order valence-corrected chi connectivity index (χ3v) is 5.49. The number of alkyl halides is 6. The molecule has 0 N–H and O–H groups in total. The first-order chi connectivity index (χ1) is 16.3. The number of rotatable bonds is 6. The van der Waals surface area contributed by atoms with Crippen LogP contribution in [-0.4, -0.2) is 13.1 Å². The summed E-state index contributed by atoms with van der Waals surface area (Å²) in [5.41, 5.74) is 1.50. The fraction of sp³-hybridized carbons (Fsp3) is 0.222. The lowest BCUT2D eigenvalue weighted by atomic mass is 9.87. The van der Waals surface area contributed by atoms with Gasteiger partial charge in [-0.2, -0.15) is 26.3 Å². The average molecular weight is 492 g/mol. The molecular weight excluding hydrogens is 470 g/mol. The van der Waals surface area contributed by atoms with Crippen LogP contribution in [-0.2, 0) is 21.9 Å². The Hall–Kier alpha value is -3.55. The Kier molecular flexibility index (Phi) is 7.43. The topological polar surface area (TPSA) is 26.3 Å². The van der Waals surface area contributed by atoms with Gasteiger partial charge in [0.2, 0.25) is 0 Å². The third kappa shape index (κ3) is 6.32. The Bertz CT molecular complexity index is 1130. The molecule has 35 heavy (non-hydrogen) atoms. The highest BCUT2D eigenvalue weighted by Crippen LogP contribution is 2.37. The minimum Gasteiger partial charge on any atom is -0.469 e. The molecule has 0 radical (unpaired) electrons. The highest BCUT2D eigenvalue weighted by Gasteiger charge is 2.31. The Balaban J connectivity index is 2.17. The summed E-state index contributed by atoms with van der Waals surface area (Å²) in [4.78, 5) is 12.5. The van der Waals surface area contributed by atoms with Gasteiger partial charge in [0, 0.05) is 0 Å². The van der Waals surface area contributed by atoms with Gasteiger partial charge in [0.1, 0.15) is 0 Å². The van der Waals surface area contributed by atoms with Crippen LogP contribution in [0.4, 0.5) is 26.3 Å². The van der Waals surface area contributed by atoms with Crippen LogP contribution in [0.3, 0.4) is 0 Å². The van der Waals surface area contributed by atoms with Crippen LogP contribution in [0.5, 0.6) is 0 Å². The molecular formula is C27H22F6O2. The first-order valence-corrected chi connectivity index (χ1v) is 10.5. The van der Waals surface area contributed by atoms with Gasteiger partial charge in [-0.15, -0.1) is 6.58 Å². The third-order valence-electron chi connectivity index (χ3n) is 5.49. The van der Waals surface area contributed by atoms with Gasteiger partial charge in [-0.05, 0) is 71.5 Å². The predicted octanol–water partition coefficient (Wildman–Crippen LogP) is 8.28. The van der Waals surface area contributed by atoms with E-state index in [9.17, 15) is 31.1 Å². The number of methoxy groups -OCH3 is 1. The van der Waals surface area contributed by atoms with Crippen LogP contribution >= 0.6 is 0 Å². The molecule has 0 saturated carbocycles. The van der Waals surface area contributed by atoms with E-state index in [0.29, 0.717) is 33.4 Å². The summed E-state index contributed by atoms with van der Waals surface area (Å²) < 4.78 is 83.0. The molecule has 0 aromatic heterocycles. The van der Waals surface area contributed by atoms with Gasteiger partial charge < -0.3 is 4.74 Å². The van der Waals surface area contributed by atoms with Crippen molar-refractivity contribution in [2.75, 3.05) is 7.11 Å². The second-order valence-electron chi connectivity index (χ2n) is 8.23. The number of halogens is 6. The molecule has 3 rings (SSSR count). The summed E-state index contributed by atoms with van der Waals surface area (Å²) >= 11 is 0. The smallest absolute Gasteiger partial charge is 0.416 e. The molecule has 0 amide bonds. The molecule has 1 atom stereocenters. The fourth-order valence-electron chi connectivity index (χ4n) is 3.72. The molecule has 8 heteroatoms. The van der Waals surface area contributed by atoms with Crippen molar-refractivity contribution in [1.29, 1.82) is 0 Å². The Morgan fingerprint density at radius 3 is 1.49 bits per heavy atom. The number of carbonyl (C=O) groups is 1. The lowest BCUT2D eigenvalue weighted by molar-refractivity contribution is -0.142. The van der Waals surface area contributed by atoms with Crippen molar-refractivity contribution in [3.8, 4) is 22.3 Å². The van der Waals surface area contributed by atoms with Crippen LogP contribution in [0.1, 0.15) is 36.0 Å². The van der Waals surface area contributed by atoms with Crippen LogP contribution < -0.4 is 0 Å². The molecule has 0 spiro atoms. The number of carbonyl (C=O) groups excluding carboxylic acids is 1. The Morgan fingerprint density at radius 2 is 1.17 bits per heavy atom. The first kappa shape index (κ1) is 26.1. The summed E-state index contributed by atoms with van der Waals surface area (Å²) in [7, 11) is 1.24. The van der Waals surface area contributed by atoms with E-state index in [4.69, 9.17) is 4.74 Å². The molecule has 3 aromatic carbocycles. The van der Waals surface area contributed by atoms with Gasteiger partial charge in [-0.25, -0.2) is 0 Å². The molecule has 0 aliphatic carbocycles. The fourth-order valence-corrected chi connectivity index (χ4v) is 3.72. The summed E-state index contributed by atoms with van der Waals surface area (Å²) in [6, 6.07) is 14.0. The van der Waals surface area contributed by atoms with E-state index < -0.39 is 35.4 Å². The molecule has 0 aliphatic rings. The quantitative estimate of drug-likeness (QED) is 0.197. The van der Waals surface area contributed by atoms with Crippen molar-refractivity contribution in [3.63, 3.8) is 0 Å². The molecule has 1 unspecified atom stereocenters. The number of esters is 1. The largest absolute Gasteiger partial charge is 0.469 e. The zero-order chi connectivity index (χ0) is 26.0. The zero-order valence-electron chi connectivity index (χ0n) is 18.9. The van der Waals surface area contributed by atoms with Gasteiger partial charge in [0.15, 0.2) is 0 Å². The van der Waals surface area contributed by atoms with E-state index in [-0.39, 0.29) is 6.42 Å². The van der Waals surface area contributed by atoms with E-state index in [1.165, 1.54) is 31.4 Å². The van der Waals surface area contributed by atoms with Crippen molar-refractivity contribution in [1.82, 2.24) is 0 Å². The van der Waals surface area contributed by atoms with Gasteiger partial charge in [-0.3, -0.25) is 4.79 Å².